The van der Waals surface area contributed by atoms with E-state index in [0.29, 0.717) is 6.92 Å². The van der Waals surface area contributed by atoms with Crippen molar-refractivity contribution < 1.29 is 26.3 Å². The van der Waals surface area contributed by atoms with Gasteiger partial charge in [-0.15, -0.1) is 0 Å². The van der Waals surface area contributed by atoms with Gasteiger partial charge in [0.25, 0.3) is 11.8 Å². The average molecular weight is 434 g/mol. The minimum absolute atomic E-state index is 0.0295. The SMILES string of the molecule is CC(F)(F)c1cccc(C2(C3CC(F)(F)C3)N=C(N)N=C(NC3CC(F)(F)C3)N2)n1. The lowest BCUT2D eigenvalue weighted by molar-refractivity contribution is -0.135. The number of nitrogens with two attached hydrogens (primary N) is 1. The molecule has 2 aliphatic carbocycles. The highest BCUT2D eigenvalue weighted by Gasteiger charge is 2.58. The maximum absolute atomic E-state index is 13.8. The number of halogens is 6. The highest BCUT2D eigenvalue weighted by atomic mass is 19.3. The van der Waals surface area contributed by atoms with Gasteiger partial charge in [-0.25, -0.2) is 27.5 Å². The van der Waals surface area contributed by atoms with Crippen molar-refractivity contribution in [3.8, 4) is 0 Å². The van der Waals surface area contributed by atoms with E-state index >= 15 is 0 Å². The number of hydrogen-bond acceptors (Lipinski definition) is 6. The first-order valence-electron chi connectivity index (χ1n) is 9.38. The summed E-state index contributed by atoms with van der Waals surface area (Å²) in [4.78, 5) is 12.1. The molecule has 0 saturated heterocycles. The van der Waals surface area contributed by atoms with E-state index in [9.17, 15) is 26.3 Å². The summed E-state index contributed by atoms with van der Waals surface area (Å²) in [5.41, 5.74) is 3.54. The Kier molecular flexibility index (Phi) is 4.48. The van der Waals surface area contributed by atoms with Gasteiger partial charge in [-0.2, -0.15) is 13.8 Å². The molecule has 1 aromatic rings. The predicted molar refractivity (Wildman–Crippen MR) is 96.5 cm³/mol. The number of guanidine groups is 2. The highest BCUT2D eigenvalue weighted by molar-refractivity contribution is 5.97. The molecule has 2 heterocycles. The van der Waals surface area contributed by atoms with E-state index in [4.69, 9.17) is 5.73 Å². The van der Waals surface area contributed by atoms with Crippen molar-refractivity contribution in [2.45, 2.75) is 62.1 Å². The summed E-state index contributed by atoms with van der Waals surface area (Å²) in [6.45, 7) is 0.667. The lowest BCUT2D eigenvalue weighted by atomic mass is 9.71. The third-order valence-corrected chi connectivity index (χ3v) is 5.53. The van der Waals surface area contributed by atoms with E-state index in [1.165, 1.54) is 12.1 Å². The molecule has 6 nitrogen and oxygen atoms in total. The fraction of sp³-hybridized carbons (Fsp3) is 0.611. The first kappa shape index (κ1) is 20.7. The van der Waals surface area contributed by atoms with Gasteiger partial charge in [-0.05, 0) is 12.1 Å². The molecule has 164 valence electrons. The molecule has 0 amide bonds. The molecule has 0 spiro atoms. The average Bonchev–Trinajstić information content (AvgIpc) is 2.57. The first-order chi connectivity index (χ1) is 13.8. The smallest absolute Gasteiger partial charge is 0.286 e. The van der Waals surface area contributed by atoms with Gasteiger partial charge in [0, 0.05) is 44.6 Å². The van der Waals surface area contributed by atoms with Crippen molar-refractivity contribution in [2.24, 2.45) is 21.6 Å². The molecule has 12 heteroatoms. The van der Waals surface area contributed by atoms with Crippen LogP contribution in [0.3, 0.4) is 0 Å². The lowest BCUT2D eigenvalue weighted by Crippen LogP contribution is -2.64. The second-order valence-electron chi connectivity index (χ2n) is 8.18. The van der Waals surface area contributed by atoms with Gasteiger partial charge < -0.3 is 16.4 Å². The van der Waals surface area contributed by atoms with E-state index in [1.54, 1.807) is 0 Å². The highest BCUT2D eigenvalue weighted by Crippen LogP contribution is 2.52. The van der Waals surface area contributed by atoms with Crippen LogP contribution in [0.5, 0.6) is 0 Å². The van der Waals surface area contributed by atoms with Crippen molar-refractivity contribution in [2.75, 3.05) is 0 Å². The molecule has 4 rings (SSSR count). The number of nitrogens with zero attached hydrogens (tertiary/aromatic N) is 3. The Morgan fingerprint density at radius 2 is 1.73 bits per heavy atom. The van der Waals surface area contributed by atoms with Crippen LogP contribution in [0, 0.1) is 5.92 Å². The number of aliphatic imine (C=N–C) groups is 2. The van der Waals surface area contributed by atoms with E-state index < -0.39 is 66.8 Å². The number of pyridine rings is 1. The zero-order valence-corrected chi connectivity index (χ0v) is 15.9. The van der Waals surface area contributed by atoms with Crippen LogP contribution in [0.25, 0.3) is 0 Å². The zero-order valence-electron chi connectivity index (χ0n) is 15.9. The summed E-state index contributed by atoms with van der Waals surface area (Å²) in [7, 11) is 0. The Labute approximate surface area is 168 Å². The molecule has 2 saturated carbocycles. The maximum Gasteiger partial charge on any atom is 0.286 e. The van der Waals surface area contributed by atoms with E-state index in [-0.39, 0.29) is 17.6 Å². The summed E-state index contributed by atoms with van der Waals surface area (Å²) in [6, 6.07) is 3.23. The third-order valence-electron chi connectivity index (χ3n) is 5.53. The normalized spacial score (nSPS) is 28.5. The van der Waals surface area contributed by atoms with Gasteiger partial charge in [0.1, 0.15) is 5.69 Å². The molecule has 1 atom stereocenters. The fourth-order valence-electron chi connectivity index (χ4n) is 3.95. The number of hydrogen-bond donors (Lipinski definition) is 3. The van der Waals surface area contributed by atoms with Crippen LogP contribution in [-0.2, 0) is 11.6 Å². The molecule has 3 aliphatic rings. The van der Waals surface area contributed by atoms with Crippen molar-refractivity contribution >= 4 is 11.9 Å². The number of nitrogens with one attached hydrogen (secondary N) is 2. The van der Waals surface area contributed by atoms with Gasteiger partial charge in [-0.3, -0.25) is 0 Å². The van der Waals surface area contributed by atoms with Gasteiger partial charge in [0.2, 0.25) is 17.8 Å². The van der Waals surface area contributed by atoms with Gasteiger partial charge in [-0.1, -0.05) is 6.07 Å². The molecule has 0 bridgehead atoms. The van der Waals surface area contributed by atoms with Gasteiger partial charge in [0.15, 0.2) is 5.66 Å². The molecule has 2 fully saturated rings. The summed E-state index contributed by atoms with van der Waals surface area (Å²) >= 11 is 0. The Morgan fingerprint density at radius 1 is 1.10 bits per heavy atom. The fourth-order valence-corrected chi connectivity index (χ4v) is 3.95. The topological polar surface area (TPSA) is 87.7 Å². The molecular weight excluding hydrogens is 414 g/mol. The van der Waals surface area contributed by atoms with Crippen LogP contribution in [0.1, 0.15) is 44.0 Å². The van der Waals surface area contributed by atoms with Gasteiger partial charge in [0.05, 0.1) is 5.69 Å². The summed E-state index contributed by atoms with van der Waals surface area (Å²) in [5, 5.41) is 5.61. The monoisotopic (exact) mass is 434 g/mol. The van der Waals surface area contributed by atoms with E-state index in [2.05, 4.69) is 25.6 Å². The molecule has 30 heavy (non-hydrogen) atoms. The minimum atomic E-state index is -3.27. The molecular formula is C18H20F6N6. The third kappa shape index (κ3) is 3.79. The van der Waals surface area contributed by atoms with Crippen molar-refractivity contribution in [1.82, 2.24) is 15.6 Å². The first-order valence-corrected chi connectivity index (χ1v) is 9.38. The summed E-state index contributed by atoms with van der Waals surface area (Å²) < 4.78 is 81.3. The molecule has 1 unspecified atom stereocenters. The number of alkyl halides is 6. The molecule has 0 aromatic carbocycles. The van der Waals surface area contributed by atoms with Gasteiger partial charge >= 0.3 is 0 Å². The van der Waals surface area contributed by atoms with Crippen LogP contribution < -0.4 is 16.4 Å². The Morgan fingerprint density at radius 3 is 2.30 bits per heavy atom. The Balaban J connectivity index is 1.68. The quantitative estimate of drug-likeness (QED) is 0.636. The second-order valence-corrected chi connectivity index (χ2v) is 8.18. The summed E-state index contributed by atoms with van der Waals surface area (Å²) in [6.07, 6.45) is -1.98. The van der Waals surface area contributed by atoms with Crippen LogP contribution >= 0.6 is 0 Å². The minimum Gasteiger partial charge on any atom is -0.368 e. The standard InChI is InChI=1S/C18H20F6N6/c1-15(19,20)11-3-2-4-12(27-11)18(9-5-16(21,22)6-9)29-13(25)28-14(30-18)26-10-7-17(23,24)8-10/h2-4,9-10H,5-8H2,1H3,(H4,25,26,28,29,30). The lowest BCUT2D eigenvalue weighted by Gasteiger charge is -2.48. The van der Waals surface area contributed by atoms with E-state index in [0.717, 1.165) is 6.07 Å². The molecule has 4 N–H and O–H groups in total. The van der Waals surface area contributed by atoms with Crippen molar-refractivity contribution in [3.63, 3.8) is 0 Å². The number of aromatic nitrogens is 1. The van der Waals surface area contributed by atoms with Crippen LogP contribution in [0.2, 0.25) is 0 Å². The second kappa shape index (κ2) is 6.48. The van der Waals surface area contributed by atoms with E-state index in [1.807, 2.05) is 0 Å². The van der Waals surface area contributed by atoms with Crippen LogP contribution in [-0.4, -0.2) is 34.8 Å². The molecule has 0 radical (unpaired) electrons. The number of rotatable bonds is 4. The Hall–Kier alpha value is -2.53. The molecule has 1 aromatic heterocycles. The Bertz CT molecular complexity index is 895. The predicted octanol–water partition coefficient (Wildman–Crippen LogP) is 3.05. The zero-order chi connectivity index (χ0) is 21.9. The maximum atomic E-state index is 13.8. The van der Waals surface area contributed by atoms with Crippen molar-refractivity contribution in [3.05, 3.63) is 29.6 Å². The molecule has 1 aliphatic heterocycles. The van der Waals surface area contributed by atoms with Crippen LogP contribution in [0.15, 0.2) is 28.2 Å². The van der Waals surface area contributed by atoms with Crippen LogP contribution in [0.4, 0.5) is 26.3 Å². The summed E-state index contributed by atoms with van der Waals surface area (Å²) in [5.74, 6) is -10.1. The van der Waals surface area contributed by atoms with Crippen molar-refractivity contribution in [1.29, 1.82) is 0 Å². The largest absolute Gasteiger partial charge is 0.368 e.